The summed E-state index contributed by atoms with van der Waals surface area (Å²) in [6.07, 6.45) is 0.862. The van der Waals surface area contributed by atoms with Gasteiger partial charge in [-0.25, -0.2) is 0 Å². The Labute approximate surface area is 147 Å². The van der Waals surface area contributed by atoms with Crippen molar-refractivity contribution in [2.24, 2.45) is 13.0 Å². The van der Waals surface area contributed by atoms with E-state index in [2.05, 4.69) is 5.32 Å². The van der Waals surface area contributed by atoms with Gasteiger partial charge < -0.3 is 14.6 Å². The van der Waals surface area contributed by atoms with Crippen molar-refractivity contribution < 1.29 is 9.53 Å². The molecule has 0 aliphatic carbocycles. The lowest BCUT2D eigenvalue weighted by Gasteiger charge is -2.25. The van der Waals surface area contributed by atoms with E-state index in [9.17, 15) is 9.59 Å². The largest absolute Gasteiger partial charge is 0.493 e. The highest BCUT2D eigenvalue weighted by molar-refractivity contribution is 5.93. The topological polar surface area (TPSA) is 60.3 Å². The highest BCUT2D eigenvalue weighted by Gasteiger charge is 2.21. The zero-order chi connectivity index (χ0) is 18.0. The number of amides is 1. The van der Waals surface area contributed by atoms with Gasteiger partial charge in [0.2, 0.25) is 0 Å². The second-order valence-corrected chi connectivity index (χ2v) is 6.89. The highest BCUT2D eigenvalue weighted by atomic mass is 16.5. The van der Waals surface area contributed by atoms with Gasteiger partial charge in [-0.3, -0.25) is 9.59 Å². The van der Waals surface area contributed by atoms with Crippen LogP contribution in [0.25, 0.3) is 0 Å². The van der Waals surface area contributed by atoms with Crippen molar-refractivity contribution in [1.29, 1.82) is 0 Å². The molecule has 0 fully saturated rings. The van der Waals surface area contributed by atoms with Gasteiger partial charge in [-0.15, -0.1) is 0 Å². The van der Waals surface area contributed by atoms with Gasteiger partial charge in [-0.05, 0) is 36.1 Å². The first-order valence-electron chi connectivity index (χ1n) is 8.66. The molecule has 2 heterocycles. The maximum absolute atomic E-state index is 12.4. The van der Waals surface area contributed by atoms with Crippen molar-refractivity contribution in [3.63, 3.8) is 0 Å². The van der Waals surface area contributed by atoms with Crippen LogP contribution in [-0.4, -0.2) is 23.6 Å². The van der Waals surface area contributed by atoms with Crippen LogP contribution in [0.1, 0.15) is 41.4 Å². The minimum absolute atomic E-state index is 0.184. The van der Waals surface area contributed by atoms with Crippen LogP contribution in [0, 0.1) is 5.92 Å². The molecule has 0 saturated heterocycles. The minimum Gasteiger partial charge on any atom is -0.493 e. The fraction of sp³-hybridized carbons (Fsp3) is 0.400. The summed E-state index contributed by atoms with van der Waals surface area (Å²) < 4.78 is 7.30. The van der Waals surface area contributed by atoms with Gasteiger partial charge in [0.15, 0.2) is 0 Å². The van der Waals surface area contributed by atoms with Gasteiger partial charge >= 0.3 is 0 Å². The molecule has 25 heavy (non-hydrogen) atoms. The molecule has 0 spiro atoms. The number of ether oxygens (including phenoxy) is 1. The van der Waals surface area contributed by atoms with Gasteiger partial charge in [0, 0.05) is 25.2 Å². The average molecular weight is 340 g/mol. The van der Waals surface area contributed by atoms with Crippen LogP contribution in [0.2, 0.25) is 0 Å². The second kappa shape index (κ2) is 7.13. The number of para-hydroxylation sites is 1. The van der Waals surface area contributed by atoms with E-state index in [0.29, 0.717) is 13.2 Å². The molecule has 1 unspecified atom stereocenters. The van der Waals surface area contributed by atoms with E-state index in [1.54, 1.807) is 17.7 Å². The molecule has 1 aliphatic heterocycles. The number of rotatable bonds is 4. The number of hydrogen-bond acceptors (Lipinski definition) is 3. The molecule has 2 aromatic rings. The zero-order valence-electron chi connectivity index (χ0n) is 14.9. The fourth-order valence-electron chi connectivity index (χ4n) is 3.26. The van der Waals surface area contributed by atoms with Crippen molar-refractivity contribution in [3.05, 3.63) is 63.6 Å². The summed E-state index contributed by atoms with van der Waals surface area (Å²) in [5.41, 5.74) is 2.00. The smallest absolute Gasteiger partial charge is 0.263 e. The number of fused-ring (bicyclic) bond motifs is 1. The molecular weight excluding hydrogens is 316 g/mol. The number of aromatic nitrogens is 1. The maximum atomic E-state index is 12.4. The lowest BCUT2D eigenvalue weighted by Crippen LogP contribution is -2.38. The molecule has 0 radical (unpaired) electrons. The van der Waals surface area contributed by atoms with Gasteiger partial charge in [-0.1, -0.05) is 32.0 Å². The monoisotopic (exact) mass is 340 g/mol. The molecule has 0 saturated carbocycles. The summed E-state index contributed by atoms with van der Waals surface area (Å²) in [7, 11) is 1.71. The maximum Gasteiger partial charge on any atom is 0.263 e. The molecule has 3 rings (SSSR count). The van der Waals surface area contributed by atoms with E-state index in [0.717, 1.165) is 23.4 Å². The standard InChI is InChI=1S/C20H24N2O3/c1-13(2)17-9-8-16(20(24)22(17)3)19(23)21-11-14-10-15-6-4-5-7-18(15)25-12-14/h4-9,13-14H,10-12H2,1-3H3,(H,21,23). The summed E-state index contributed by atoms with van der Waals surface area (Å²) in [5.74, 6) is 1.03. The molecule has 5 nitrogen and oxygen atoms in total. The normalized spacial score (nSPS) is 16.2. The Morgan fingerprint density at radius 2 is 2.04 bits per heavy atom. The first-order chi connectivity index (χ1) is 12.0. The van der Waals surface area contributed by atoms with Crippen molar-refractivity contribution in [3.8, 4) is 5.75 Å². The summed E-state index contributed by atoms with van der Waals surface area (Å²) in [4.78, 5) is 24.8. The van der Waals surface area contributed by atoms with Gasteiger partial charge in [-0.2, -0.15) is 0 Å². The van der Waals surface area contributed by atoms with Gasteiger partial charge in [0.05, 0.1) is 6.61 Å². The predicted octanol–water partition coefficient (Wildman–Crippen LogP) is 2.49. The fourth-order valence-corrected chi connectivity index (χ4v) is 3.26. The molecular formula is C20H24N2O3. The molecule has 1 N–H and O–H groups in total. The van der Waals surface area contributed by atoms with E-state index < -0.39 is 0 Å². The van der Waals surface area contributed by atoms with E-state index in [1.165, 1.54) is 0 Å². The number of nitrogens with zero attached hydrogens (tertiary/aromatic N) is 1. The lowest BCUT2D eigenvalue weighted by molar-refractivity contribution is 0.0937. The summed E-state index contributed by atoms with van der Waals surface area (Å²) in [6, 6.07) is 11.4. The quantitative estimate of drug-likeness (QED) is 0.930. The number of pyridine rings is 1. The lowest BCUT2D eigenvalue weighted by atomic mass is 9.96. The van der Waals surface area contributed by atoms with Crippen LogP contribution < -0.4 is 15.6 Å². The number of carbonyl (C=O) groups excluding carboxylic acids is 1. The number of benzene rings is 1. The third-order valence-corrected chi connectivity index (χ3v) is 4.69. The van der Waals surface area contributed by atoms with E-state index in [4.69, 9.17) is 4.74 Å². The minimum atomic E-state index is -0.324. The molecule has 0 bridgehead atoms. The van der Waals surface area contributed by atoms with Crippen molar-refractivity contribution in [2.45, 2.75) is 26.2 Å². The highest BCUT2D eigenvalue weighted by Crippen LogP contribution is 2.26. The summed E-state index contributed by atoms with van der Waals surface area (Å²) >= 11 is 0. The predicted molar refractivity (Wildman–Crippen MR) is 97.2 cm³/mol. The van der Waals surface area contributed by atoms with Gasteiger partial charge in [0.25, 0.3) is 11.5 Å². The Balaban J connectivity index is 1.66. The number of hydrogen-bond donors (Lipinski definition) is 1. The van der Waals surface area contributed by atoms with E-state index in [1.807, 2.05) is 44.2 Å². The molecule has 1 aromatic heterocycles. The summed E-state index contributed by atoms with van der Waals surface area (Å²) in [6.45, 7) is 5.11. The Morgan fingerprint density at radius 1 is 1.28 bits per heavy atom. The summed E-state index contributed by atoms with van der Waals surface area (Å²) in [5, 5.41) is 2.88. The SMILES string of the molecule is CC(C)c1ccc(C(=O)NCC2COc3ccccc3C2)c(=O)n1C. The Kier molecular flexibility index (Phi) is 4.93. The molecule has 132 valence electrons. The van der Waals surface area contributed by atoms with Crippen LogP contribution in [0.5, 0.6) is 5.75 Å². The van der Waals surface area contributed by atoms with Crippen molar-refractivity contribution in [2.75, 3.05) is 13.2 Å². The van der Waals surface area contributed by atoms with Crippen LogP contribution in [0.3, 0.4) is 0 Å². The average Bonchev–Trinajstić information content (AvgIpc) is 2.61. The third-order valence-electron chi connectivity index (χ3n) is 4.69. The molecule has 1 amide bonds. The third kappa shape index (κ3) is 3.60. The van der Waals surface area contributed by atoms with Crippen molar-refractivity contribution in [1.82, 2.24) is 9.88 Å². The Bertz CT molecular complexity index is 839. The Hall–Kier alpha value is -2.56. The molecule has 1 aromatic carbocycles. The first-order valence-corrected chi connectivity index (χ1v) is 8.66. The van der Waals surface area contributed by atoms with Crippen LogP contribution in [-0.2, 0) is 13.5 Å². The Morgan fingerprint density at radius 3 is 2.80 bits per heavy atom. The zero-order valence-corrected chi connectivity index (χ0v) is 14.9. The van der Waals surface area contributed by atoms with E-state index in [-0.39, 0.29) is 28.9 Å². The van der Waals surface area contributed by atoms with Gasteiger partial charge in [0.1, 0.15) is 11.3 Å². The van der Waals surface area contributed by atoms with E-state index >= 15 is 0 Å². The molecule has 1 aliphatic rings. The first kappa shape index (κ1) is 17.3. The van der Waals surface area contributed by atoms with Crippen LogP contribution >= 0.6 is 0 Å². The number of carbonyl (C=O) groups is 1. The molecule has 5 heteroatoms. The van der Waals surface area contributed by atoms with Crippen LogP contribution in [0.15, 0.2) is 41.2 Å². The second-order valence-electron chi connectivity index (χ2n) is 6.89. The molecule has 1 atom stereocenters. The van der Waals surface area contributed by atoms with Crippen molar-refractivity contribution >= 4 is 5.91 Å². The number of nitrogens with one attached hydrogen (secondary N) is 1. The van der Waals surface area contributed by atoms with Crippen LogP contribution in [0.4, 0.5) is 0 Å².